The van der Waals surface area contributed by atoms with Crippen LogP contribution in [-0.2, 0) is 43.2 Å². The van der Waals surface area contributed by atoms with Crippen molar-refractivity contribution in [2.24, 2.45) is 5.73 Å². The summed E-state index contributed by atoms with van der Waals surface area (Å²) in [5.41, 5.74) is 14.9. The van der Waals surface area contributed by atoms with Crippen molar-refractivity contribution in [3.63, 3.8) is 0 Å². The second kappa shape index (κ2) is 23.8. The quantitative estimate of drug-likeness (QED) is 0.0856. The highest BCUT2D eigenvalue weighted by Gasteiger charge is 2.34. The first-order valence-corrected chi connectivity index (χ1v) is 25.3. The molecular weight excluding hydrogens is 987 g/mol. The van der Waals surface area contributed by atoms with Gasteiger partial charge in [-0.3, -0.25) is 13.8 Å². The van der Waals surface area contributed by atoms with E-state index < -0.39 is 65.9 Å². The number of nitrogens with zero attached hydrogens (tertiary/aromatic N) is 6. The van der Waals surface area contributed by atoms with Crippen LogP contribution in [-0.4, -0.2) is 132 Å². The van der Waals surface area contributed by atoms with Crippen LogP contribution in [0.5, 0.6) is 11.5 Å². The Balaban J connectivity index is 0.000000302. The van der Waals surface area contributed by atoms with Gasteiger partial charge in [-0.15, -0.1) is 0 Å². The molecule has 382 valence electrons. The predicted molar refractivity (Wildman–Crippen MR) is 246 cm³/mol. The lowest BCUT2D eigenvalue weighted by Gasteiger charge is -2.30. The molecule has 7 N–H and O–H groups in total. The Hall–Kier alpha value is -5.55. The number of alkyl halides is 6. The molecule has 2 aliphatic heterocycles. The Bertz CT molecular complexity index is 2700. The number of carbonyl (C=O) groups is 2. The fraction of sp³-hybridized carbons (Fsp3) is 0.463. The summed E-state index contributed by atoms with van der Waals surface area (Å²) in [5, 5.41) is 3.04. The average Bonchev–Trinajstić information content (AvgIpc) is 3.27. The van der Waals surface area contributed by atoms with E-state index in [0.717, 1.165) is 75.9 Å². The number of aromatic nitrogens is 4. The number of methoxy groups -OCH3 is 2. The molecule has 4 aromatic rings. The van der Waals surface area contributed by atoms with E-state index in [0.29, 0.717) is 39.0 Å². The van der Waals surface area contributed by atoms with Crippen molar-refractivity contribution in [1.29, 1.82) is 0 Å². The van der Waals surface area contributed by atoms with Crippen molar-refractivity contribution < 1.29 is 66.4 Å². The van der Waals surface area contributed by atoms with Gasteiger partial charge in [0.05, 0.1) is 70.9 Å². The van der Waals surface area contributed by atoms with Gasteiger partial charge in [-0.05, 0) is 62.1 Å². The first kappa shape index (κ1) is 57.8. The summed E-state index contributed by atoms with van der Waals surface area (Å²) < 4.78 is 147. The molecule has 0 spiro atoms. The van der Waals surface area contributed by atoms with Crippen LogP contribution in [0.1, 0.15) is 83.0 Å². The number of ketones is 2. The number of ether oxygens (including phenoxy) is 2. The lowest BCUT2D eigenvalue weighted by atomic mass is 10.0. The first-order chi connectivity index (χ1) is 31.6. The summed E-state index contributed by atoms with van der Waals surface area (Å²) in [6, 6.07) is 5.15. The fourth-order valence-corrected chi connectivity index (χ4v) is 8.93. The Morgan fingerprint density at radius 3 is 1.49 bits per heavy atom. The van der Waals surface area contributed by atoms with Gasteiger partial charge >= 0.3 is 12.4 Å². The molecule has 1 atom stereocenters. The van der Waals surface area contributed by atoms with Crippen LogP contribution in [0.4, 0.5) is 43.9 Å². The van der Waals surface area contributed by atoms with Crippen molar-refractivity contribution in [3.05, 3.63) is 82.2 Å². The number of piperidine rings is 2. The number of hydrogen-bond donors (Lipinski definition) is 4. The lowest BCUT2D eigenvalue weighted by Crippen LogP contribution is -2.42. The third kappa shape index (κ3) is 15.7. The molecule has 0 aliphatic carbocycles. The zero-order chi connectivity index (χ0) is 50.9. The van der Waals surface area contributed by atoms with Gasteiger partial charge in [0.25, 0.3) is 0 Å². The SMILES string of the molecule is C.CCS(=O)c1ncc(C(=O)c2ccc(C(F)(F)F)cc2OC)c(N)n1.COc1cc(C(F)(F)F)ccc1C(=O)c1cnc(NC2CCN(S(C)(=O)=O)CC2)nc1N.CS(=O)(=O)N1CCC(N)CC1. The van der Waals surface area contributed by atoms with Crippen LogP contribution in [0.3, 0.4) is 0 Å². The molecule has 0 bridgehead atoms. The summed E-state index contributed by atoms with van der Waals surface area (Å²) in [7, 11) is -5.35. The number of benzene rings is 2. The number of anilines is 3. The van der Waals surface area contributed by atoms with E-state index in [1.807, 2.05) is 0 Å². The minimum atomic E-state index is -4.58. The van der Waals surface area contributed by atoms with Crippen LogP contribution in [0.15, 0.2) is 53.9 Å². The molecule has 28 heteroatoms. The van der Waals surface area contributed by atoms with Crippen molar-refractivity contribution in [1.82, 2.24) is 28.5 Å². The summed E-state index contributed by atoms with van der Waals surface area (Å²) in [6.45, 7) is 3.55. The number of halogens is 6. The summed E-state index contributed by atoms with van der Waals surface area (Å²) in [4.78, 5) is 41.2. The molecule has 1 unspecified atom stereocenters. The molecule has 0 amide bonds. The van der Waals surface area contributed by atoms with Gasteiger partial charge in [0.1, 0.15) is 23.1 Å². The maximum atomic E-state index is 12.9. The summed E-state index contributed by atoms with van der Waals surface area (Å²) in [6.07, 6.45) is -1.81. The van der Waals surface area contributed by atoms with Crippen LogP contribution in [0.25, 0.3) is 0 Å². The van der Waals surface area contributed by atoms with Gasteiger partial charge in [0, 0.05) is 56.4 Å². The molecule has 2 aromatic heterocycles. The molecule has 0 radical (unpaired) electrons. The minimum Gasteiger partial charge on any atom is -0.496 e. The van der Waals surface area contributed by atoms with E-state index in [2.05, 4.69) is 25.3 Å². The Morgan fingerprint density at radius 2 is 1.13 bits per heavy atom. The highest BCUT2D eigenvalue weighted by atomic mass is 32.2. The van der Waals surface area contributed by atoms with E-state index in [1.165, 1.54) is 21.1 Å². The first-order valence-electron chi connectivity index (χ1n) is 20.2. The van der Waals surface area contributed by atoms with Crippen LogP contribution in [0, 0.1) is 0 Å². The van der Waals surface area contributed by atoms with E-state index in [4.69, 9.17) is 26.7 Å². The van der Waals surface area contributed by atoms with Gasteiger partial charge in [0.2, 0.25) is 42.7 Å². The number of carbonyl (C=O) groups excluding carboxylic acids is 2. The number of hydrogen-bond acceptors (Lipinski definition) is 17. The monoisotopic (exact) mass is 1040 g/mol. The summed E-state index contributed by atoms with van der Waals surface area (Å²) in [5.74, 6) is -1.79. The maximum absolute atomic E-state index is 12.9. The number of nitrogens with one attached hydrogen (secondary N) is 1. The van der Waals surface area contributed by atoms with Gasteiger partial charge in [0.15, 0.2) is 0 Å². The van der Waals surface area contributed by atoms with Crippen molar-refractivity contribution in [2.75, 3.05) is 75.4 Å². The minimum absolute atomic E-state index is 0. The molecular formula is C41H54F6N10O9S3. The van der Waals surface area contributed by atoms with Crippen molar-refractivity contribution in [2.45, 2.75) is 69.6 Å². The van der Waals surface area contributed by atoms with E-state index >= 15 is 0 Å². The van der Waals surface area contributed by atoms with Gasteiger partial charge in [-0.25, -0.2) is 40.4 Å². The Kier molecular flexibility index (Phi) is 20.0. The number of nitrogen functional groups attached to an aromatic ring is 2. The maximum Gasteiger partial charge on any atom is 0.416 e. The Morgan fingerprint density at radius 1 is 0.725 bits per heavy atom. The Labute approximate surface area is 398 Å². The number of nitrogens with two attached hydrogens (primary N) is 3. The second-order valence-electron chi connectivity index (χ2n) is 15.1. The third-order valence-corrected chi connectivity index (χ3v) is 14.1. The van der Waals surface area contributed by atoms with Crippen molar-refractivity contribution in [3.8, 4) is 11.5 Å². The molecule has 2 saturated heterocycles. The highest BCUT2D eigenvalue weighted by Crippen LogP contribution is 2.36. The molecule has 0 saturated carbocycles. The fourth-order valence-electron chi connectivity index (χ4n) is 6.55. The van der Waals surface area contributed by atoms with Crippen LogP contribution in [0.2, 0.25) is 0 Å². The smallest absolute Gasteiger partial charge is 0.416 e. The largest absolute Gasteiger partial charge is 0.496 e. The summed E-state index contributed by atoms with van der Waals surface area (Å²) >= 11 is 0. The van der Waals surface area contributed by atoms with Gasteiger partial charge in [-0.2, -0.15) is 31.3 Å². The molecule has 2 aliphatic rings. The normalized spacial score (nSPS) is 15.8. The lowest BCUT2D eigenvalue weighted by molar-refractivity contribution is -0.138. The van der Waals surface area contributed by atoms with Crippen molar-refractivity contribution >= 4 is 60.0 Å². The van der Waals surface area contributed by atoms with E-state index in [1.54, 1.807) is 6.92 Å². The molecule has 2 aromatic carbocycles. The zero-order valence-corrected chi connectivity index (χ0v) is 39.7. The van der Waals surface area contributed by atoms with E-state index in [-0.39, 0.29) is 81.8 Å². The average molecular weight is 1040 g/mol. The third-order valence-electron chi connectivity index (χ3n) is 10.3. The van der Waals surface area contributed by atoms with Gasteiger partial charge in [-0.1, -0.05) is 14.4 Å². The van der Waals surface area contributed by atoms with E-state index in [9.17, 15) is 57.0 Å². The molecule has 6 rings (SSSR count). The van der Waals surface area contributed by atoms with Gasteiger partial charge < -0.3 is 32.0 Å². The molecule has 69 heavy (non-hydrogen) atoms. The number of rotatable bonds is 12. The topological polar surface area (TPSA) is 286 Å². The second-order valence-corrected chi connectivity index (χ2v) is 20.7. The zero-order valence-electron chi connectivity index (χ0n) is 37.2. The van der Waals surface area contributed by atoms with Crippen LogP contribution < -0.4 is 32.0 Å². The predicted octanol–water partition coefficient (Wildman–Crippen LogP) is 4.60. The highest BCUT2D eigenvalue weighted by molar-refractivity contribution is 7.88. The molecule has 19 nitrogen and oxygen atoms in total. The molecule has 2 fully saturated rings. The van der Waals surface area contributed by atoms with Crippen LogP contribution >= 0.6 is 0 Å². The molecule has 4 heterocycles. The standard InChI is InChI=1S/C19H22F3N5O4S.C15H14F3N3O3S.C6H14N2O2S.CH4/c1-31-15-9-11(19(20,21)22)3-4-13(15)16(28)14-10-24-18(26-17(14)23)25-12-5-7-27(8-6-12)32(2,29)30;1-3-25(23)14-20-7-10(13(19)21-14)12(22)9-5-4-8(15(16,17)18)6-11(9)24-2;1-11(9,10)8-4-2-6(7)3-5-8;/h3-4,9-10,12H,5-8H2,1-2H3,(H3,23,24,25,26);4-7H,3H2,1-2H3,(H2,19,20,21);6H,2-5,7H2,1H3;1H4. The number of sulfonamides is 2.